The van der Waals surface area contributed by atoms with Crippen molar-refractivity contribution in [2.75, 3.05) is 0 Å². The normalized spacial score (nSPS) is 34.6. The average molecular weight is 168 g/mol. The molecule has 2 unspecified atom stereocenters. The third kappa shape index (κ3) is 1.13. The summed E-state index contributed by atoms with van der Waals surface area (Å²) < 4.78 is 48.7. The van der Waals surface area contributed by atoms with Gasteiger partial charge in [0.25, 0.3) is 12.6 Å². The van der Waals surface area contributed by atoms with Gasteiger partial charge < -0.3 is 9.47 Å². The highest BCUT2D eigenvalue weighted by Crippen LogP contribution is 2.37. The summed E-state index contributed by atoms with van der Waals surface area (Å²) in [6.07, 6.45) is -5.47. The van der Waals surface area contributed by atoms with E-state index in [1.165, 1.54) is 0 Å². The van der Waals surface area contributed by atoms with Gasteiger partial charge in [0.2, 0.25) is 5.76 Å². The second-order valence-corrected chi connectivity index (χ2v) is 2.11. The number of epoxide rings is 1. The Kier molecular flexibility index (Phi) is 1.12. The highest BCUT2D eigenvalue weighted by molar-refractivity contribution is 5.01. The van der Waals surface area contributed by atoms with Gasteiger partial charge in [0, 0.05) is 0 Å². The molecule has 62 valence electrons. The molecule has 1 fully saturated rings. The molecule has 11 heavy (non-hydrogen) atoms. The molecule has 0 spiro atoms. The minimum atomic E-state index is -4.49. The molecule has 0 radical (unpaired) electrons. The van der Waals surface area contributed by atoms with Crippen LogP contribution >= 0.6 is 0 Å². The van der Waals surface area contributed by atoms with Crippen LogP contribution in [0.4, 0.5) is 13.2 Å². The van der Waals surface area contributed by atoms with Crippen LogP contribution in [0.25, 0.3) is 0 Å². The standard InChI is InChI=1S/C5H3F3O3/c6-5(7,8)2-1-9-3-4(10-2)11-3/h1,3-4H. The van der Waals surface area contributed by atoms with Crippen LogP contribution in [-0.4, -0.2) is 18.8 Å². The third-order valence-corrected chi connectivity index (χ3v) is 1.25. The van der Waals surface area contributed by atoms with Gasteiger partial charge in [-0.3, -0.25) is 4.74 Å². The Labute approximate surface area is 59.3 Å². The van der Waals surface area contributed by atoms with E-state index in [2.05, 4.69) is 14.2 Å². The lowest BCUT2D eigenvalue weighted by Gasteiger charge is -2.13. The van der Waals surface area contributed by atoms with Gasteiger partial charge in [-0.25, -0.2) is 0 Å². The van der Waals surface area contributed by atoms with E-state index in [4.69, 9.17) is 0 Å². The van der Waals surface area contributed by atoms with E-state index in [1.807, 2.05) is 0 Å². The van der Waals surface area contributed by atoms with Crippen LogP contribution in [0.15, 0.2) is 12.0 Å². The van der Waals surface area contributed by atoms with Crippen molar-refractivity contribution < 1.29 is 27.4 Å². The summed E-state index contributed by atoms with van der Waals surface area (Å²) in [4.78, 5) is 0. The van der Waals surface area contributed by atoms with Gasteiger partial charge in [-0.15, -0.1) is 0 Å². The molecule has 2 heterocycles. The van der Waals surface area contributed by atoms with Crippen LogP contribution in [0, 0.1) is 0 Å². The van der Waals surface area contributed by atoms with Crippen molar-refractivity contribution in [3.05, 3.63) is 12.0 Å². The van der Waals surface area contributed by atoms with Gasteiger partial charge in [-0.05, 0) is 0 Å². The van der Waals surface area contributed by atoms with Crippen molar-refractivity contribution in [2.45, 2.75) is 18.8 Å². The summed E-state index contributed by atoms with van der Waals surface area (Å²) in [5.74, 6) is -1.14. The zero-order valence-corrected chi connectivity index (χ0v) is 5.09. The quantitative estimate of drug-likeness (QED) is 0.508. The minimum absolute atomic E-state index is 0.522. The largest absolute Gasteiger partial charge is 0.462 e. The Morgan fingerprint density at radius 3 is 2.55 bits per heavy atom. The molecule has 1 saturated heterocycles. The van der Waals surface area contributed by atoms with Crippen LogP contribution in [0.1, 0.15) is 0 Å². The Morgan fingerprint density at radius 2 is 2.00 bits per heavy atom. The first-order valence-electron chi connectivity index (χ1n) is 2.82. The minimum Gasteiger partial charge on any atom is -0.462 e. The molecule has 2 aliphatic heterocycles. The zero-order valence-electron chi connectivity index (χ0n) is 5.09. The van der Waals surface area contributed by atoms with Crippen molar-refractivity contribution in [2.24, 2.45) is 0 Å². The van der Waals surface area contributed by atoms with Crippen LogP contribution < -0.4 is 0 Å². The summed E-state index contributed by atoms with van der Waals surface area (Å²) in [6.45, 7) is 0. The van der Waals surface area contributed by atoms with Crippen LogP contribution in [0.5, 0.6) is 0 Å². The van der Waals surface area contributed by atoms with E-state index in [0.717, 1.165) is 0 Å². The number of hydrogen-bond donors (Lipinski definition) is 0. The molecular weight excluding hydrogens is 165 g/mol. The fourth-order valence-electron chi connectivity index (χ4n) is 0.682. The number of halogens is 3. The number of alkyl halides is 3. The zero-order chi connectivity index (χ0) is 8.06. The van der Waals surface area contributed by atoms with Crippen molar-refractivity contribution >= 4 is 0 Å². The Hall–Kier alpha value is -0.910. The van der Waals surface area contributed by atoms with E-state index < -0.39 is 24.5 Å². The van der Waals surface area contributed by atoms with E-state index in [1.54, 1.807) is 0 Å². The second kappa shape index (κ2) is 1.82. The maximum atomic E-state index is 11.8. The molecule has 0 aliphatic carbocycles. The predicted molar refractivity (Wildman–Crippen MR) is 25.0 cm³/mol. The highest BCUT2D eigenvalue weighted by atomic mass is 19.4. The van der Waals surface area contributed by atoms with Crippen molar-refractivity contribution in [1.82, 2.24) is 0 Å². The van der Waals surface area contributed by atoms with Gasteiger partial charge >= 0.3 is 6.18 Å². The van der Waals surface area contributed by atoms with Crippen molar-refractivity contribution in [1.29, 1.82) is 0 Å². The van der Waals surface area contributed by atoms with E-state index in [9.17, 15) is 13.2 Å². The van der Waals surface area contributed by atoms with Gasteiger partial charge in [-0.1, -0.05) is 0 Å². The number of allylic oxidation sites excluding steroid dienone is 1. The smallest absolute Gasteiger partial charge is 0.452 e. The predicted octanol–water partition coefficient (Wildman–Crippen LogP) is 1.12. The molecule has 3 nitrogen and oxygen atoms in total. The summed E-state index contributed by atoms with van der Waals surface area (Å²) in [6, 6.07) is 0. The summed E-state index contributed by atoms with van der Waals surface area (Å²) in [7, 11) is 0. The molecule has 0 aromatic rings. The summed E-state index contributed by atoms with van der Waals surface area (Å²) in [5, 5.41) is 0. The monoisotopic (exact) mass is 168 g/mol. The fourth-order valence-corrected chi connectivity index (χ4v) is 0.682. The van der Waals surface area contributed by atoms with E-state index in [0.29, 0.717) is 6.26 Å². The molecule has 0 N–H and O–H groups in total. The number of ether oxygens (including phenoxy) is 3. The maximum Gasteiger partial charge on any atom is 0.452 e. The van der Waals surface area contributed by atoms with Crippen molar-refractivity contribution in [3.8, 4) is 0 Å². The van der Waals surface area contributed by atoms with Crippen LogP contribution in [0.3, 0.4) is 0 Å². The van der Waals surface area contributed by atoms with Crippen molar-refractivity contribution in [3.63, 3.8) is 0 Å². The molecule has 0 aromatic carbocycles. The SMILES string of the molecule is FC(F)(F)C1=COC2OC2O1. The number of rotatable bonds is 0. The lowest BCUT2D eigenvalue weighted by molar-refractivity contribution is -0.146. The van der Waals surface area contributed by atoms with Crippen LogP contribution in [0.2, 0.25) is 0 Å². The Bertz CT molecular complexity index is 210. The second-order valence-electron chi connectivity index (χ2n) is 2.11. The lowest BCUT2D eigenvalue weighted by atomic mass is 10.5. The highest BCUT2D eigenvalue weighted by Gasteiger charge is 2.52. The Morgan fingerprint density at radius 1 is 1.27 bits per heavy atom. The molecule has 0 aromatic heterocycles. The molecule has 0 saturated carbocycles. The third-order valence-electron chi connectivity index (χ3n) is 1.25. The first-order valence-corrected chi connectivity index (χ1v) is 2.82. The molecule has 2 atom stereocenters. The van der Waals surface area contributed by atoms with Gasteiger partial charge in [0.1, 0.15) is 6.26 Å². The fraction of sp³-hybridized carbons (Fsp3) is 0.600. The molecule has 2 rings (SSSR count). The Balaban J connectivity index is 2.09. The molecule has 6 heteroatoms. The first-order chi connectivity index (χ1) is 5.07. The topological polar surface area (TPSA) is 31.0 Å². The van der Waals surface area contributed by atoms with E-state index in [-0.39, 0.29) is 0 Å². The molecule has 0 amide bonds. The first kappa shape index (κ1) is 6.78. The van der Waals surface area contributed by atoms with Crippen LogP contribution in [-0.2, 0) is 14.2 Å². The van der Waals surface area contributed by atoms with Gasteiger partial charge in [-0.2, -0.15) is 13.2 Å². The molecule has 2 aliphatic rings. The number of hydrogen-bond acceptors (Lipinski definition) is 3. The molecule has 0 bridgehead atoms. The lowest BCUT2D eigenvalue weighted by Crippen LogP contribution is -2.20. The average Bonchev–Trinajstić information content (AvgIpc) is 2.60. The van der Waals surface area contributed by atoms with Gasteiger partial charge in [0.05, 0.1) is 0 Å². The molecular formula is C5H3F3O3. The summed E-state index contributed by atoms with van der Waals surface area (Å²) >= 11 is 0. The van der Waals surface area contributed by atoms with E-state index >= 15 is 0 Å². The summed E-state index contributed by atoms with van der Waals surface area (Å²) in [5.41, 5.74) is 0. The maximum absolute atomic E-state index is 11.8. The van der Waals surface area contributed by atoms with Gasteiger partial charge in [0.15, 0.2) is 0 Å². The number of fused-ring (bicyclic) bond motifs is 1.